The van der Waals surface area contributed by atoms with E-state index >= 15 is 0 Å². The summed E-state index contributed by atoms with van der Waals surface area (Å²) in [5.41, 5.74) is 0. The predicted octanol–water partition coefficient (Wildman–Crippen LogP) is 3.80. The molecule has 1 saturated heterocycles. The van der Waals surface area contributed by atoms with Crippen LogP contribution < -0.4 is 0 Å². The lowest BCUT2D eigenvalue weighted by Crippen LogP contribution is -2.36. The fraction of sp³-hybridized carbons (Fsp3) is 0.300. The minimum Gasteiger partial charge on any atom is -0.468 e. The van der Waals surface area contributed by atoms with Gasteiger partial charge in [-0.25, -0.2) is 8.42 Å². The molecule has 0 saturated carbocycles. The van der Waals surface area contributed by atoms with Crippen LogP contribution in [0.1, 0.15) is 18.6 Å². The van der Waals surface area contributed by atoms with Gasteiger partial charge in [0, 0.05) is 13.2 Å². The fourth-order valence-electron chi connectivity index (χ4n) is 3.32. The van der Waals surface area contributed by atoms with Gasteiger partial charge in [0.05, 0.1) is 23.8 Å². The number of benzene rings is 2. The molecular weight excluding hydrogens is 350 g/mol. The molecule has 1 atom stereocenters. The summed E-state index contributed by atoms with van der Waals surface area (Å²) in [6.07, 6.45) is 3.33. The van der Waals surface area contributed by atoms with Crippen molar-refractivity contribution in [2.24, 2.45) is 0 Å². The van der Waals surface area contributed by atoms with Crippen LogP contribution in [0.2, 0.25) is 0 Å². The van der Waals surface area contributed by atoms with E-state index in [2.05, 4.69) is 0 Å². The Morgan fingerprint density at radius 2 is 1.88 bits per heavy atom. The molecule has 2 heterocycles. The standard InChI is InChI=1S/C20H21NO4S/c22-26(23,20-10-9-16-5-1-2-6-17(16)13-20)21(14-18-7-3-11-24-18)15-19-8-4-12-25-19/h1-3,5-7,9-11,13,19H,4,8,12,14-15H2. The van der Waals surface area contributed by atoms with Crippen LogP contribution in [-0.2, 0) is 21.3 Å². The average molecular weight is 371 g/mol. The molecule has 6 heteroatoms. The van der Waals surface area contributed by atoms with Crippen LogP contribution >= 0.6 is 0 Å². The quantitative estimate of drug-likeness (QED) is 0.661. The van der Waals surface area contributed by atoms with Crippen LogP contribution in [0.5, 0.6) is 0 Å². The number of fused-ring (bicyclic) bond motifs is 1. The lowest BCUT2D eigenvalue weighted by Gasteiger charge is -2.24. The minimum absolute atomic E-state index is 0.0693. The molecule has 1 fully saturated rings. The summed E-state index contributed by atoms with van der Waals surface area (Å²) >= 11 is 0. The SMILES string of the molecule is O=S(=O)(c1ccc2ccccc2c1)N(Cc1ccco1)CC1CCCO1. The summed E-state index contributed by atoms with van der Waals surface area (Å²) in [6.45, 7) is 1.22. The Kier molecular flexibility index (Phi) is 4.80. The van der Waals surface area contributed by atoms with Gasteiger partial charge < -0.3 is 9.15 Å². The second kappa shape index (κ2) is 7.23. The molecule has 0 aliphatic carbocycles. The highest BCUT2D eigenvalue weighted by atomic mass is 32.2. The molecule has 5 nitrogen and oxygen atoms in total. The summed E-state index contributed by atoms with van der Waals surface area (Å²) < 4.78 is 39.2. The number of ether oxygens (including phenoxy) is 1. The molecule has 1 unspecified atom stereocenters. The summed E-state index contributed by atoms with van der Waals surface area (Å²) in [6, 6.07) is 16.5. The molecule has 136 valence electrons. The largest absolute Gasteiger partial charge is 0.468 e. The maximum absolute atomic E-state index is 13.3. The van der Waals surface area contributed by atoms with Gasteiger partial charge in [-0.2, -0.15) is 4.31 Å². The van der Waals surface area contributed by atoms with Crippen LogP contribution in [0, 0.1) is 0 Å². The second-order valence-corrected chi connectivity index (χ2v) is 8.46. The van der Waals surface area contributed by atoms with Gasteiger partial charge in [0.1, 0.15) is 5.76 Å². The lowest BCUT2D eigenvalue weighted by atomic mass is 10.1. The zero-order valence-electron chi connectivity index (χ0n) is 14.4. The molecule has 3 aromatic rings. The monoisotopic (exact) mass is 371 g/mol. The van der Waals surface area contributed by atoms with E-state index < -0.39 is 10.0 Å². The molecule has 26 heavy (non-hydrogen) atoms. The third-order valence-corrected chi connectivity index (χ3v) is 6.51. The first-order valence-corrected chi connectivity index (χ1v) is 10.2. The van der Waals surface area contributed by atoms with Crippen molar-refractivity contribution < 1.29 is 17.6 Å². The number of rotatable bonds is 6. The van der Waals surface area contributed by atoms with Crippen LogP contribution in [0.25, 0.3) is 10.8 Å². The Morgan fingerprint density at radius 3 is 2.62 bits per heavy atom. The Morgan fingerprint density at radius 1 is 1.04 bits per heavy atom. The molecule has 0 N–H and O–H groups in total. The average Bonchev–Trinajstić information content (AvgIpc) is 3.35. The molecule has 4 rings (SSSR count). The van der Waals surface area contributed by atoms with Crippen molar-refractivity contribution in [1.29, 1.82) is 0 Å². The van der Waals surface area contributed by atoms with E-state index in [0.717, 1.165) is 23.6 Å². The number of furan rings is 1. The summed E-state index contributed by atoms with van der Waals surface area (Å²) in [4.78, 5) is 0.292. The van der Waals surface area contributed by atoms with Gasteiger partial charge in [0.25, 0.3) is 0 Å². The highest BCUT2D eigenvalue weighted by molar-refractivity contribution is 7.89. The molecule has 2 aromatic carbocycles. The summed E-state index contributed by atoms with van der Waals surface area (Å²) in [5, 5.41) is 1.92. The van der Waals surface area contributed by atoms with Crippen molar-refractivity contribution in [3.63, 3.8) is 0 Å². The summed E-state index contributed by atoms with van der Waals surface area (Å²) in [5.74, 6) is 0.618. The Bertz CT molecular complexity index is 976. The molecular formula is C20H21NO4S. The number of nitrogens with zero attached hydrogens (tertiary/aromatic N) is 1. The van der Waals surface area contributed by atoms with Gasteiger partial charge in [0.15, 0.2) is 0 Å². The van der Waals surface area contributed by atoms with E-state index in [1.807, 2.05) is 30.3 Å². The molecule has 0 spiro atoms. The van der Waals surface area contributed by atoms with Crippen molar-refractivity contribution in [3.05, 3.63) is 66.6 Å². The highest BCUT2D eigenvalue weighted by Crippen LogP contribution is 2.25. The minimum atomic E-state index is -3.66. The number of hydrogen-bond donors (Lipinski definition) is 0. The Labute approximate surface area is 153 Å². The molecule has 1 aromatic heterocycles. The van der Waals surface area contributed by atoms with Gasteiger partial charge in [-0.1, -0.05) is 30.3 Å². The number of hydrogen-bond acceptors (Lipinski definition) is 4. The molecule has 0 radical (unpaired) electrons. The molecule has 1 aliphatic rings. The first-order valence-electron chi connectivity index (χ1n) is 8.76. The summed E-state index contributed by atoms with van der Waals surface area (Å²) in [7, 11) is -3.66. The van der Waals surface area contributed by atoms with Crippen LogP contribution in [0.15, 0.2) is 70.2 Å². The van der Waals surface area contributed by atoms with E-state index in [1.165, 1.54) is 4.31 Å². The van der Waals surface area contributed by atoms with E-state index in [-0.39, 0.29) is 12.6 Å². The Hall–Kier alpha value is -2.15. The van der Waals surface area contributed by atoms with Crippen molar-refractivity contribution in [2.45, 2.75) is 30.4 Å². The van der Waals surface area contributed by atoms with E-state index in [4.69, 9.17) is 9.15 Å². The maximum Gasteiger partial charge on any atom is 0.243 e. The van der Waals surface area contributed by atoms with Gasteiger partial charge in [-0.15, -0.1) is 0 Å². The Balaban J connectivity index is 1.68. The van der Waals surface area contributed by atoms with Crippen LogP contribution in [0.4, 0.5) is 0 Å². The van der Waals surface area contributed by atoms with Crippen molar-refractivity contribution in [3.8, 4) is 0 Å². The van der Waals surface area contributed by atoms with Gasteiger partial charge in [-0.05, 0) is 47.9 Å². The fourth-order valence-corrected chi connectivity index (χ4v) is 4.79. The van der Waals surface area contributed by atoms with E-state index in [9.17, 15) is 8.42 Å². The third kappa shape index (κ3) is 3.53. The molecule has 0 amide bonds. The smallest absolute Gasteiger partial charge is 0.243 e. The maximum atomic E-state index is 13.3. The van der Waals surface area contributed by atoms with Gasteiger partial charge in [0.2, 0.25) is 10.0 Å². The van der Waals surface area contributed by atoms with Crippen molar-refractivity contribution in [1.82, 2.24) is 4.31 Å². The zero-order valence-corrected chi connectivity index (χ0v) is 15.2. The van der Waals surface area contributed by atoms with Gasteiger partial charge >= 0.3 is 0 Å². The third-order valence-electron chi connectivity index (χ3n) is 4.70. The number of sulfonamides is 1. The highest BCUT2D eigenvalue weighted by Gasteiger charge is 2.30. The molecule has 0 bridgehead atoms. The predicted molar refractivity (Wildman–Crippen MR) is 99.2 cm³/mol. The second-order valence-electron chi connectivity index (χ2n) is 6.52. The van der Waals surface area contributed by atoms with E-state index in [0.29, 0.717) is 23.8 Å². The first-order chi connectivity index (χ1) is 12.6. The molecule has 1 aliphatic heterocycles. The van der Waals surface area contributed by atoms with Crippen LogP contribution in [0.3, 0.4) is 0 Å². The van der Waals surface area contributed by atoms with E-state index in [1.54, 1.807) is 30.5 Å². The first kappa shape index (κ1) is 17.3. The zero-order chi connectivity index (χ0) is 18.0. The topological polar surface area (TPSA) is 59.8 Å². The normalized spacial score (nSPS) is 18.0. The lowest BCUT2D eigenvalue weighted by molar-refractivity contribution is 0.0914. The van der Waals surface area contributed by atoms with Gasteiger partial charge in [-0.3, -0.25) is 0 Å². The van der Waals surface area contributed by atoms with Crippen LogP contribution in [-0.4, -0.2) is 32.0 Å². The van der Waals surface area contributed by atoms with Crippen molar-refractivity contribution >= 4 is 20.8 Å². The van der Waals surface area contributed by atoms with Crippen molar-refractivity contribution in [2.75, 3.05) is 13.2 Å².